The van der Waals surface area contributed by atoms with Gasteiger partial charge in [0, 0.05) is 0 Å². The molecule has 0 aromatic heterocycles. The van der Waals surface area contributed by atoms with E-state index >= 15 is 0 Å². The van der Waals surface area contributed by atoms with Gasteiger partial charge in [0.25, 0.3) is 0 Å². The Labute approximate surface area is 178 Å². The maximum Gasteiger partial charge on any atom is -0.00334 e. The molecule has 0 spiro atoms. The van der Waals surface area contributed by atoms with Crippen molar-refractivity contribution in [3.63, 3.8) is 0 Å². The fraction of sp³-hybridized carbons (Fsp3) is 0.793. The molecule has 29 heavy (non-hydrogen) atoms. The van der Waals surface area contributed by atoms with E-state index in [4.69, 9.17) is 0 Å². The SMILES string of the molecule is CCc1ccc(C)cc1C12CC3CC(C1)CC(C14CC5CC(CC(C5)C1)C4)(C3)C2. The van der Waals surface area contributed by atoms with Crippen molar-refractivity contribution in [1.82, 2.24) is 0 Å². The van der Waals surface area contributed by atoms with Crippen LogP contribution in [0, 0.1) is 47.3 Å². The monoisotopic (exact) mass is 388 g/mol. The zero-order valence-electron chi connectivity index (χ0n) is 18.8. The first-order valence-corrected chi connectivity index (χ1v) is 13.1. The Kier molecular flexibility index (Phi) is 3.52. The Balaban J connectivity index is 1.35. The first kappa shape index (κ1) is 17.9. The third-order valence-electron chi connectivity index (χ3n) is 11.4. The molecule has 8 fully saturated rings. The summed E-state index contributed by atoms with van der Waals surface area (Å²) < 4.78 is 0. The standard InChI is InChI=1S/C29H40/c1-3-25-5-4-19(2)6-26(25)27-11-23-10-24(12-27)17-29(16-23,18-27)28-13-20-7-21(14-28)9-22(8-20)15-28/h4-6,20-24H,3,7-18H2,1-2H3. The molecule has 156 valence electrons. The lowest BCUT2D eigenvalue weighted by molar-refractivity contribution is -0.206. The van der Waals surface area contributed by atoms with Gasteiger partial charge in [0.1, 0.15) is 0 Å². The molecule has 1 aromatic rings. The van der Waals surface area contributed by atoms with Crippen molar-refractivity contribution in [3.05, 3.63) is 34.9 Å². The van der Waals surface area contributed by atoms with Crippen LogP contribution in [0.5, 0.6) is 0 Å². The number of rotatable bonds is 3. The number of benzene rings is 1. The third kappa shape index (κ3) is 2.33. The van der Waals surface area contributed by atoms with Crippen LogP contribution in [0.25, 0.3) is 0 Å². The summed E-state index contributed by atoms with van der Waals surface area (Å²) in [7, 11) is 0. The lowest BCUT2D eigenvalue weighted by Crippen LogP contribution is -2.63. The maximum atomic E-state index is 2.64. The van der Waals surface area contributed by atoms with Crippen LogP contribution >= 0.6 is 0 Å². The van der Waals surface area contributed by atoms with Crippen molar-refractivity contribution < 1.29 is 0 Å². The fourth-order valence-corrected chi connectivity index (χ4v) is 11.5. The predicted octanol–water partition coefficient (Wildman–Crippen LogP) is 7.61. The summed E-state index contributed by atoms with van der Waals surface area (Å²) in [6, 6.07) is 7.50. The van der Waals surface area contributed by atoms with Crippen molar-refractivity contribution in [3.8, 4) is 0 Å². The molecule has 2 atom stereocenters. The number of hydrogen-bond acceptors (Lipinski definition) is 0. The van der Waals surface area contributed by atoms with Crippen molar-refractivity contribution >= 4 is 0 Å². The van der Waals surface area contributed by atoms with Gasteiger partial charge < -0.3 is 0 Å². The van der Waals surface area contributed by atoms with E-state index in [0.29, 0.717) is 10.8 Å². The highest BCUT2D eigenvalue weighted by Crippen LogP contribution is 2.77. The molecule has 0 nitrogen and oxygen atoms in total. The highest BCUT2D eigenvalue weighted by molar-refractivity contribution is 5.41. The molecule has 8 saturated carbocycles. The van der Waals surface area contributed by atoms with Crippen molar-refractivity contribution in [2.45, 2.75) is 103 Å². The molecule has 2 unspecified atom stereocenters. The van der Waals surface area contributed by atoms with E-state index in [0.717, 1.165) is 35.0 Å². The van der Waals surface area contributed by atoms with Crippen LogP contribution in [0.2, 0.25) is 0 Å². The molecule has 0 heterocycles. The van der Waals surface area contributed by atoms with Crippen LogP contribution in [0.15, 0.2) is 18.2 Å². The third-order valence-corrected chi connectivity index (χ3v) is 11.4. The minimum absolute atomic E-state index is 0.533. The Bertz CT molecular complexity index is 794. The fourth-order valence-electron chi connectivity index (χ4n) is 11.5. The first-order chi connectivity index (χ1) is 14.0. The van der Waals surface area contributed by atoms with E-state index in [-0.39, 0.29) is 0 Å². The van der Waals surface area contributed by atoms with E-state index in [2.05, 4.69) is 32.0 Å². The second kappa shape index (κ2) is 5.72. The van der Waals surface area contributed by atoms with Gasteiger partial charge in [-0.25, -0.2) is 0 Å². The second-order valence-corrected chi connectivity index (χ2v) is 13.2. The molecule has 0 radical (unpaired) electrons. The summed E-state index contributed by atoms with van der Waals surface area (Å²) in [4.78, 5) is 0. The summed E-state index contributed by atoms with van der Waals surface area (Å²) in [5, 5.41) is 0. The van der Waals surface area contributed by atoms with Crippen LogP contribution in [0.1, 0.15) is 101 Å². The Morgan fingerprint density at radius 1 is 0.724 bits per heavy atom. The molecular weight excluding hydrogens is 348 g/mol. The molecule has 0 N–H and O–H groups in total. The average Bonchev–Trinajstić information content (AvgIpc) is 2.66. The smallest absolute Gasteiger partial charge is 0.00334 e. The van der Waals surface area contributed by atoms with Gasteiger partial charge in [-0.1, -0.05) is 30.7 Å². The lowest BCUT2D eigenvalue weighted by Gasteiger charge is -2.72. The Morgan fingerprint density at radius 2 is 1.28 bits per heavy atom. The van der Waals surface area contributed by atoms with E-state index in [1.807, 2.05) is 5.56 Å². The van der Waals surface area contributed by atoms with Gasteiger partial charge in [0.2, 0.25) is 0 Å². The molecule has 8 aliphatic carbocycles. The number of aryl methyl sites for hydroxylation is 2. The van der Waals surface area contributed by atoms with Crippen LogP contribution in [0.4, 0.5) is 0 Å². The predicted molar refractivity (Wildman–Crippen MR) is 120 cm³/mol. The molecule has 9 rings (SSSR count). The molecule has 0 aliphatic heterocycles. The largest absolute Gasteiger partial charge is 0.0613 e. The molecule has 8 aliphatic rings. The van der Waals surface area contributed by atoms with Gasteiger partial charge in [-0.2, -0.15) is 0 Å². The van der Waals surface area contributed by atoms with Gasteiger partial charge in [0.05, 0.1) is 0 Å². The summed E-state index contributed by atoms with van der Waals surface area (Å²) in [5.41, 5.74) is 6.98. The zero-order chi connectivity index (χ0) is 19.4. The minimum Gasteiger partial charge on any atom is -0.0613 e. The minimum atomic E-state index is 0.533. The van der Waals surface area contributed by atoms with E-state index in [9.17, 15) is 0 Å². The zero-order valence-corrected chi connectivity index (χ0v) is 18.8. The Morgan fingerprint density at radius 3 is 1.86 bits per heavy atom. The van der Waals surface area contributed by atoms with Gasteiger partial charge >= 0.3 is 0 Å². The van der Waals surface area contributed by atoms with Crippen LogP contribution in [-0.2, 0) is 11.8 Å². The van der Waals surface area contributed by atoms with Crippen molar-refractivity contribution in [2.24, 2.45) is 40.4 Å². The molecule has 0 amide bonds. The lowest BCUT2D eigenvalue weighted by atomic mass is 9.32. The van der Waals surface area contributed by atoms with Gasteiger partial charge in [-0.3, -0.25) is 0 Å². The summed E-state index contributed by atoms with van der Waals surface area (Å²) in [6.07, 6.45) is 20.3. The normalized spacial score (nSPS) is 51.7. The first-order valence-electron chi connectivity index (χ1n) is 13.1. The van der Waals surface area contributed by atoms with Gasteiger partial charge in [0.15, 0.2) is 0 Å². The van der Waals surface area contributed by atoms with Gasteiger partial charge in [-0.05, 0) is 147 Å². The van der Waals surface area contributed by atoms with E-state index in [1.165, 1.54) is 24.8 Å². The second-order valence-electron chi connectivity index (χ2n) is 13.2. The maximum absolute atomic E-state index is 2.64. The van der Waals surface area contributed by atoms with E-state index < -0.39 is 0 Å². The molecular formula is C29H40. The molecule has 0 heteroatoms. The van der Waals surface area contributed by atoms with E-state index in [1.54, 1.807) is 69.8 Å². The van der Waals surface area contributed by atoms with Crippen LogP contribution in [0.3, 0.4) is 0 Å². The Hall–Kier alpha value is -0.780. The molecule has 8 bridgehead atoms. The van der Waals surface area contributed by atoms with Crippen LogP contribution in [-0.4, -0.2) is 0 Å². The van der Waals surface area contributed by atoms with Crippen molar-refractivity contribution in [2.75, 3.05) is 0 Å². The van der Waals surface area contributed by atoms with Crippen LogP contribution < -0.4 is 0 Å². The summed E-state index contributed by atoms with van der Waals surface area (Å²) in [5.74, 6) is 5.39. The van der Waals surface area contributed by atoms with Crippen molar-refractivity contribution in [1.29, 1.82) is 0 Å². The topological polar surface area (TPSA) is 0 Å². The average molecular weight is 389 g/mol. The summed E-state index contributed by atoms with van der Waals surface area (Å²) in [6.45, 7) is 4.72. The highest BCUT2D eigenvalue weighted by Gasteiger charge is 2.67. The highest BCUT2D eigenvalue weighted by atomic mass is 14.7. The molecule has 0 saturated heterocycles. The molecule has 1 aromatic carbocycles. The number of hydrogen-bond donors (Lipinski definition) is 0. The summed E-state index contributed by atoms with van der Waals surface area (Å²) >= 11 is 0. The quantitative estimate of drug-likeness (QED) is 0.500. The van der Waals surface area contributed by atoms with Gasteiger partial charge in [-0.15, -0.1) is 0 Å².